The van der Waals surface area contributed by atoms with Crippen molar-refractivity contribution in [3.05, 3.63) is 71.0 Å². The molecule has 9 nitrogen and oxygen atoms in total. The Bertz CT molecular complexity index is 1370. The maximum Gasteiger partial charge on any atom is 0.275 e. The van der Waals surface area contributed by atoms with E-state index in [9.17, 15) is 14.0 Å². The quantitative estimate of drug-likeness (QED) is 0.125. The fourth-order valence-electron chi connectivity index (χ4n) is 6.30. The molecule has 230 valence electrons. The molecular weight excluding hydrogens is 545 g/mol. The summed E-state index contributed by atoms with van der Waals surface area (Å²) in [5.41, 5.74) is 14.3. The predicted octanol–water partition coefficient (Wildman–Crippen LogP) is 6.60. The number of hydrogen-bond donors (Lipinski definition) is 3. The Balaban J connectivity index is 1.70. The van der Waals surface area contributed by atoms with E-state index in [2.05, 4.69) is 50.3 Å². The minimum Gasteiger partial charge on any atom is -0.384 e. The highest BCUT2D eigenvalue weighted by Gasteiger charge is 2.52. The molecular formula is C33H44FN7O2. The molecule has 1 fully saturated rings. The van der Waals surface area contributed by atoms with Gasteiger partial charge >= 0.3 is 0 Å². The first kappa shape index (κ1) is 32.0. The van der Waals surface area contributed by atoms with Crippen molar-refractivity contribution in [1.82, 2.24) is 10.2 Å². The monoisotopic (exact) mass is 589 g/mol. The van der Waals surface area contributed by atoms with Crippen LogP contribution in [-0.2, 0) is 4.79 Å². The van der Waals surface area contributed by atoms with Crippen molar-refractivity contribution in [2.24, 2.45) is 38.3 Å². The van der Waals surface area contributed by atoms with Crippen LogP contribution in [0.25, 0.3) is 0 Å². The zero-order chi connectivity index (χ0) is 31.4. The van der Waals surface area contributed by atoms with E-state index in [0.29, 0.717) is 28.7 Å². The Hall–Kier alpha value is -3.95. The van der Waals surface area contributed by atoms with E-state index in [4.69, 9.17) is 16.3 Å². The molecule has 1 aliphatic carbocycles. The number of amidine groups is 1. The molecule has 1 aliphatic heterocycles. The summed E-state index contributed by atoms with van der Waals surface area (Å²) in [5, 5.41) is 8.96. The molecule has 2 aromatic rings. The van der Waals surface area contributed by atoms with Gasteiger partial charge in [-0.15, -0.1) is 5.10 Å². The highest BCUT2D eigenvalue weighted by atomic mass is 19.1. The zero-order valence-electron chi connectivity index (χ0n) is 25.9. The van der Waals surface area contributed by atoms with Crippen LogP contribution in [0.5, 0.6) is 0 Å². The molecule has 10 heteroatoms. The molecule has 2 aliphatic rings. The lowest BCUT2D eigenvalue weighted by Gasteiger charge is -2.47. The molecule has 0 bridgehead atoms. The second-order valence-corrected chi connectivity index (χ2v) is 13.2. The number of aliphatic imine (C=N–C) groups is 1. The van der Waals surface area contributed by atoms with Crippen LogP contribution in [0.15, 0.2) is 63.8 Å². The molecule has 4 N–H and O–H groups in total. The predicted molar refractivity (Wildman–Crippen MR) is 166 cm³/mol. The summed E-state index contributed by atoms with van der Waals surface area (Å²) in [6.45, 7) is 11.1. The summed E-state index contributed by atoms with van der Waals surface area (Å²) in [5.74, 6) is 0.173. The van der Waals surface area contributed by atoms with Crippen molar-refractivity contribution in [2.75, 3.05) is 6.54 Å². The first-order valence-corrected chi connectivity index (χ1v) is 15.1. The van der Waals surface area contributed by atoms with Gasteiger partial charge in [0, 0.05) is 11.1 Å². The second kappa shape index (κ2) is 13.1. The number of hydrogen-bond acceptors (Lipinski definition) is 5. The van der Waals surface area contributed by atoms with Crippen LogP contribution in [0.3, 0.4) is 0 Å². The Morgan fingerprint density at radius 1 is 1.12 bits per heavy atom. The summed E-state index contributed by atoms with van der Waals surface area (Å²) in [6, 6.07) is 13.1. The van der Waals surface area contributed by atoms with E-state index < -0.39 is 5.66 Å². The Kier molecular flexibility index (Phi) is 9.77. The number of nitrogens with zero attached hydrogens (tertiary/aromatic N) is 4. The van der Waals surface area contributed by atoms with Gasteiger partial charge in [0.05, 0.1) is 12.6 Å². The minimum atomic E-state index is -0.681. The summed E-state index contributed by atoms with van der Waals surface area (Å²) in [4.78, 5) is 34.3. The van der Waals surface area contributed by atoms with Crippen LogP contribution in [0, 0.1) is 28.6 Å². The fourth-order valence-corrected chi connectivity index (χ4v) is 6.30. The third kappa shape index (κ3) is 7.35. The number of nitrogens with one attached hydrogen (secondary N) is 2. The van der Waals surface area contributed by atoms with E-state index in [0.717, 1.165) is 44.1 Å². The number of carbonyl (C=O) groups excluding carboxylic acids is 2. The smallest absolute Gasteiger partial charge is 0.275 e. The van der Waals surface area contributed by atoms with Gasteiger partial charge in [-0.25, -0.2) is 4.39 Å². The third-order valence-electron chi connectivity index (χ3n) is 8.81. The van der Waals surface area contributed by atoms with Crippen molar-refractivity contribution >= 4 is 23.4 Å². The van der Waals surface area contributed by atoms with E-state index >= 15 is 0 Å². The highest BCUT2D eigenvalue weighted by molar-refractivity contribution is 6.46. The Labute approximate surface area is 253 Å². The number of rotatable bonds is 10. The maximum atomic E-state index is 14.4. The molecule has 43 heavy (non-hydrogen) atoms. The van der Waals surface area contributed by atoms with Crippen LogP contribution in [-0.4, -0.2) is 40.5 Å². The third-order valence-corrected chi connectivity index (χ3v) is 8.81. The largest absolute Gasteiger partial charge is 0.384 e. The van der Waals surface area contributed by atoms with E-state index in [1.165, 1.54) is 12.1 Å². The average Bonchev–Trinajstić information content (AvgIpc) is 3.23. The van der Waals surface area contributed by atoms with Crippen LogP contribution >= 0.6 is 0 Å². The first-order chi connectivity index (χ1) is 20.3. The molecule has 1 saturated carbocycles. The number of carbonyl (C=O) groups is 2. The van der Waals surface area contributed by atoms with Gasteiger partial charge in [0.25, 0.3) is 11.8 Å². The number of nitrogens with two attached hydrogens (primary N) is 1. The second-order valence-electron chi connectivity index (χ2n) is 13.2. The standard InChI is InChI=1S/C33H44FN7O2/c1-21(2)6-15-27(22-7-9-24(10-8-22)30(42)37-20-28(35)39-40-36)41-31(43)29(23-11-13-26(34)14-12-23)38-33(41)18-16-25(17-19-33)32(3,4)5/h7-14,21,25,27H,6,15-20H2,1-5H3,(H,37,42)(H3,35,36,39). The van der Waals surface area contributed by atoms with Crippen LogP contribution in [0.2, 0.25) is 0 Å². The molecule has 0 radical (unpaired) electrons. The molecule has 0 aromatic heterocycles. The van der Waals surface area contributed by atoms with Crippen molar-refractivity contribution in [1.29, 1.82) is 5.53 Å². The number of halogens is 1. The minimum absolute atomic E-state index is 0.0240. The maximum absolute atomic E-state index is 14.4. The molecule has 0 saturated heterocycles. The van der Waals surface area contributed by atoms with E-state index in [1.54, 1.807) is 24.3 Å². The normalized spacial score (nSPS) is 21.7. The molecule has 1 spiro atoms. The molecule has 1 unspecified atom stereocenters. The first-order valence-electron chi connectivity index (χ1n) is 15.1. The Morgan fingerprint density at radius 2 is 1.74 bits per heavy atom. The molecule has 4 rings (SSSR count). The lowest BCUT2D eigenvalue weighted by Crippen LogP contribution is -2.51. The van der Waals surface area contributed by atoms with E-state index in [1.807, 2.05) is 17.0 Å². The highest BCUT2D eigenvalue weighted by Crippen LogP contribution is 2.50. The van der Waals surface area contributed by atoms with Gasteiger partial charge in [0.15, 0.2) is 0 Å². The number of amides is 2. The summed E-state index contributed by atoms with van der Waals surface area (Å²) in [6.07, 6.45) is 5.10. The van der Waals surface area contributed by atoms with Gasteiger partial charge < -0.3 is 16.0 Å². The van der Waals surface area contributed by atoms with Crippen LogP contribution < -0.4 is 11.1 Å². The molecule has 2 amide bonds. The van der Waals surface area contributed by atoms with Gasteiger partial charge in [-0.05, 0) is 97.7 Å². The average molecular weight is 590 g/mol. The molecule has 1 atom stereocenters. The van der Waals surface area contributed by atoms with Crippen LogP contribution in [0.4, 0.5) is 4.39 Å². The lowest BCUT2D eigenvalue weighted by molar-refractivity contribution is -0.133. The van der Waals surface area contributed by atoms with Gasteiger partial charge in [-0.1, -0.05) is 52.0 Å². The number of benzene rings is 2. The molecule has 2 aromatic carbocycles. The van der Waals surface area contributed by atoms with Gasteiger partial charge in [-0.3, -0.25) is 14.6 Å². The van der Waals surface area contributed by atoms with Gasteiger partial charge in [0.1, 0.15) is 23.0 Å². The van der Waals surface area contributed by atoms with Crippen molar-refractivity contribution in [3.63, 3.8) is 0 Å². The summed E-state index contributed by atoms with van der Waals surface area (Å²) in [7, 11) is 0. The van der Waals surface area contributed by atoms with Crippen molar-refractivity contribution < 1.29 is 14.0 Å². The zero-order valence-corrected chi connectivity index (χ0v) is 25.9. The topological polar surface area (TPSA) is 136 Å². The van der Waals surface area contributed by atoms with Crippen molar-refractivity contribution in [3.8, 4) is 0 Å². The van der Waals surface area contributed by atoms with E-state index in [-0.39, 0.29) is 41.5 Å². The van der Waals surface area contributed by atoms with Gasteiger partial charge in [0.2, 0.25) is 0 Å². The van der Waals surface area contributed by atoms with Crippen LogP contribution in [0.1, 0.15) is 101 Å². The Morgan fingerprint density at radius 3 is 2.30 bits per heavy atom. The SMILES string of the molecule is CC(C)CCC(c1ccc(C(=O)NCC(N)=NN=N)cc1)N1C(=O)C(c2ccc(F)cc2)=NC12CCC(C(C)(C)C)CC2. The lowest BCUT2D eigenvalue weighted by atomic mass is 9.69. The van der Waals surface area contributed by atoms with Gasteiger partial charge in [-0.2, -0.15) is 5.53 Å². The fraction of sp³-hybridized carbons (Fsp3) is 0.515. The molecule has 1 heterocycles. The summed E-state index contributed by atoms with van der Waals surface area (Å²) >= 11 is 0. The van der Waals surface area contributed by atoms with Crippen molar-refractivity contribution in [2.45, 2.75) is 84.8 Å². The summed E-state index contributed by atoms with van der Waals surface area (Å²) < 4.78 is 13.8.